The normalized spacial score (nSPS) is 23.6. The van der Waals surface area contributed by atoms with Crippen molar-refractivity contribution in [3.8, 4) is 0 Å². The third-order valence-electron chi connectivity index (χ3n) is 6.32. The Morgan fingerprint density at radius 3 is 2.47 bits per heavy atom. The summed E-state index contributed by atoms with van der Waals surface area (Å²) >= 11 is 0. The predicted molar refractivity (Wildman–Crippen MR) is 126 cm³/mol. The van der Waals surface area contributed by atoms with Crippen LogP contribution in [-0.4, -0.2) is 58.3 Å². The molecule has 0 bridgehead atoms. The molecule has 2 atom stereocenters. The van der Waals surface area contributed by atoms with Crippen molar-refractivity contribution in [3.05, 3.63) is 23.9 Å². The van der Waals surface area contributed by atoms with E-state index < -0.39 is 48.4 Å². The van der Waals surface area contributed by atoms with E-state index in [9.17, 15) is 27.6 Å². The number of rotatable bonds is 6. The molecule has 1 aliphatic heterocycles. The van der Waals surface area contributed by atoms with Gasteiger partial charge < -0.3 is 25.6 Å². The number of carbonyl (C=O) groups excluding carboxylic acids is 3. The van der Waals surface area contributed by atoms with E-state index in [2.05, 4.69) is 22.5 Å². The molecule has 1 aromatic heterocycles. The first-order valence-electron chi connectivity index (χ1n) is 12.1. The van der Waals surface area contributed by atoms with Gasteiger partial charge in [-0.3, -0.25) is 4.79 Å². The summed E-state index contributed by atoms with van der Waals surface area (Å²) in [5, 5.41) is 7.34. The first-order chi connectivity index (χ1) is 16.7. The predicted octanol–water partition coefficient (Wildman–Crippen LogP) is 4.20. The Hall–Kier alpha value is -3.05. The number of alkyl halides is 3. The van der Waals surface area contributed by atoms with E-state index in [0.717, 1.165) is 30.6 Å². The van der Waals surface area contributed by atoms with Crippen LogP contribution < -0.4 is 16.0 Å². The van der Waals surface area contributed by atoms with E-state index in [1.54, 1.807) is 26.8 Å². The Morgan fingerprint density at radius 2 is 1.89 bits per heavy atom. The number of hydrogen-bond acceptors (Lipinski definition) is 5. The number of anilines is 1. The van der Waals surface area contributed by atoms with Gasteiger partial charge in [0.2, 0.25) is 5.91 Å². The Balaban J connectivity index is 1.69. The number of alkyl carbamates (subject to hydrolysis) is 1. The molecule has 0 aromatic carbocycles. The Kier molecular flexibility index (Phi) is 8.35. The molecule has 1 aromatic rings. The maximum Gasteiger partial charge on any atom is 0.410 e. The molecule has 1 saturated carbocycles. The zero-order valence-corrected chi connectivity index (χ0v) is 20.9. The molecule has 200 valence electrons. The van der Waals surface area contributed by atoms with Crippen LogP contribution in [0.2, 0.25) is 0 Å². The SMILES string of the molecule is CC1CCC([C@H](NC(=O)OC(C)(C)C)C(=O)Nc2cc(CN3C[C@@H](C(F)(F)F)NC3=O)ccn2)CC1. The van der Waals surface area contributed by atoms with Crippen molar-refractivity contribution < 1.29 is 32.3 Å². The van der Waals surface area contributed by atoms with Crippen LogP contribution in [0.1, 0.15) is 58.9 Å². The second-order valence-electron chi connectivity index (χ2n) is 10.6. The first-order valence-corrected chi connectivity index (χ1v) is 12.1. The van der Waals surface area contributed by atoms with Gasteiger partial charge >= 0.3 is 18.3 Å². The highest BCUT2D eigenvalue weighted by Gasteiger charge is 2.46. The van der Waals surface area contributed by atoms with Crippen molar-refractivity contribution in [2.45, 2.75) is 83.8 Å². The van der Waals surface area contributed by atoms with Gasteiger partial charge in [-0.05, 0) is 63.1 Å². The molecule has 9 nitrogen and oxygen atoms in total. The minimum Gasteiger partial charge on any atom is -0.444 e. The van der Waals surface area contributed by atoms with Crippen LogP contribution in [0.3, 0.4) is 0 Å². The molecule has 12 heteroatoms. The molecule has 3 rings (SSSR count). The highest BCUT2D eigenvalue weighted by atomic mass is 19.4. The van der Waals surface area contributed by atoms with Gasteiger partial charge in [0.15, 0.2) is 0 Å². The van der Waals surface area contributed by atoms with Crippen LogP contribution in [0.5, 0.6) is 0 Å². The third-order valence-corrected chi connectivity index (χ3v) is 6.32. The lowest BCUT2D eigenvalue weighted by Crippen LogP contribution is -2.50. The van der Waals surface area contributed by atoms with E-state index in [1.165, 1.54) is 12.3 Å². The second kappa shape index (κ2) is 10.9. The fourth-order valence-corrected chi connectivity index (χ4v) is 4.43. The lowest BCUT2D eigenvalue weighted by atomic mass is 9.79. The number of halogens is 3. The molecule has 0 radical (unpaired) electrons. The molecule has 2 fully saturated rings. The number of aromatic nitrogens is 1. The number of hydrogen-bond donors (Lipinski definition) is 3. The molecule has 2 aliphatic rings. The number of pyridine rings is 1. The van der Waals surface area contributed by atoms with Crippen molar-refractivity contribution >= 4 is 23.8 Å². The van der Waals surface area contributed by atoms with Gasteiger partial charge in [0.25, 0.3) is 0 Å². The fraction of sp³-hybridized carbons (Fsp3) is 0.667. The lowest BCUT2D eigenvalue weighted by Gasteiger charge is -2.32. The highest BCUT2D eigenvalue weighted by molar-refractivity contribution is 5.96. The average Bonchev–Trinajstić information content (AvgIpc) is 3.12. The highest BCUT2D eigenvalue weighted by Crippen LogP contribution is 2.31. The van der Waals surface area contributed by atoms with Crippen LogP contribution >= 0.6 is 0 Å². The summed E-state index contributed by atoms with van der Waals surface area (Å²) in [6, 6.07) is -0.519. The van der Waals surface area contributed by atoms with Crippen LogP contribution in [0, 0.1) is 11.8 Å². The van der Waals surface area contributed by atoms with Gasteiger partial charge in [0.05, 0.1) is 6.54 Å². The Bertz CT molecular complexity index is 958. The number of amides is 4. The van der Waals surface area contributed by atoms with Gasteiger partial charge in [-0.2, -0.15) is 13.2 Å². The average molecular weight is 514 g/mol. The molecular weight excluding hydrogens is 479 g/mol. The molecule has 0 spiro atoms. The zero-order valence-electron chi connectivity index (χ0n) is 20.9. The molecule has 36 heavy (non-hydrogen) atoms. The van der Waals surface area contributed by atoms with E-state index in [0.29, 0.717) is 11.5 Å². The number of urea groups is 1. The van der Waals surface area contributed by atoms with E-state index in [1.807, 2.05) is 5.32 Å². The largest absolute Gasteiger partial charge is 0.444 e. The Labute approximate surface area is 208 Å². The monoisotopic (exact) mass is 513 g/mol. The molecule has 0 unspecified atom stereocenters. The van der Waals surface area contributed by atoms with Crippen molar-refractivity contribution in [1.82, 2.24) is 20.5 Å². The van der Waals surface area contributed by atoms with Crippen molar-refractivity contribution in [1.29, 1.82) is 0 Å². The van der Waals surface area contributed by atoms with Crippen LogP contribution in [0.15, 0.2) is 18.3 Å². The first kappa shape index (κ1) is 27.5. The van der Waals surface area contributed by atoms with E-state index in [-0.39, 0.29) is 18.3 Å². The number of ether oxygens (including phenoxy) is 1. The van der Waals surface area contributed by atoms with E-state index >= 15 is 0 Å². The standard InChI is InChI=1S/C24H34F3N5O4/c1-14-5-7-16(8-6-14)19(31-22(35)36-23(2,3)4)20(33)30-18-11-15(9-10-28-18)12-32-13-17(24(25,26)27)29-21(32)34/h9-11,14,16-17,19H,5-8,12-13H2,1-4H3,(H,29,34)(H,31,35)(H,28,30,33)/t14?,16?,17-,19-/m0/s1. The Morgan fingerprint density at radius 1 is 1.22 bits per heavy atom. The van der Waals surface area contributed by atoms with Crippen molar-refractivity contribution in [2.24, 2.45) is 11.8 Å². The topological polar surface area (TPSA) is 113 Å². The van der Waals surface area contributed by atoms with Crippen LogP contribution in [-0.2, 0) is 16.1 Å². The summed E-state index contributed by atoms with van der Waals surface area (Å²) in [5.41, 5.74) is -0.226. The van der Waals surface area contributed by atoms with E-state index in [4.69, 9.17) is 4.74 Å². The third kappa shape index (κ3) is 7.72. The quantitative estimate of drug-likeness (QED) is 0.528. The maximum absolute atomic E-state index is 13.2. The fourth-order valence-electron chi connectivity index (χ4n) is 4.43. The minimum atomic E-state index is -4.53. The molecule has 4 amide bonds. The molecule has 2 heterocycles. The second-order valence-corrected chi connectivity index (χ2v) is 10.6. The van der Waals surface area contributed by atoms with Gasteiger partial charge in [0.1, 0.15) is 23.5 Å². The van der Waals surface area contributed by atoms with Gasteiger partial charge in [-0.25, -0.2) is 14.6 Å². The summed E-state index contributed by atoms with van der Waals surface area (Å²) < 4.78 is 44.2. The van der Waals surface area contributed by atoms with Crippen molar-refractivity contribution in [2.75, 3.05) is 11.9 Å². The number of nitrogens with one attached hydrogen (secondary N) is 3. The summed E-state index contributed by atoms with van der Waals surface area (Å²) in [7, 11) is 0. The summed E-state index contributed by atoms with van der Waals surface area (Å²) in [6.07, 6.45) is -0.403. The lowest BCUT2D eigenvalue weighted by molar-refractivity contribution is -0.149. The molecule has 1 saturated heterocycles. The van der Waals surface area contributed by atoms with Gasteiger partial charge in [-0.1, -0.05) is 19.8 Å². The maximum atomic E-state index is 13.2. The summed E-state index contributed by atoms with van der Waals surface area (Å²) in [5.74, 6) is 0.180. The zero-order chi connectivity index (χ0) is 26.7. The van der Waals surface area contributed by atoms with Gasteiger partial charge in [0, 0.05) is 12.7 Å². The minimum absolute atomic E-state index is 0.0792. The smallest absolute Gasteiger partial charge is 0.410 e. The van der Waals surface area contributed by atoms with Gasteiger partial charge in [-0.15, -0.1) is 0 Å². The van der Waals surface area contributed by atoms with Crippen molar-refractivity contribution in [3.63, 3.8) is 0 Å². The molecule has 1 aliphatic carbocycles. The number of carbonyl (C=O) groups is 3. The summed E-state index contributed by atoms with van der Waals surface area (Å²) in [4.78, 5) is 42.8. The number of nitrogens with zero attached hydrogens (tertiary/aromatic N) is 2. The molecular formula is C24H34F3N5O4. The van der Waals surface area contributed by atoms with Crippen LogP contribution in [0.25, 0.3) is 0 Å². The molecule has 3 N–H and O–H groups in total. The summed E-state index contributed by atoms with van der Waals surface area (Å²) in [6.45, 7) is 6.77. The van der Waals surface area contributed by atoms with Crippen LogP contribution in [0.4, 0.5) is 28.6 Å².